The second-order valence-electron chi connectivity index (χ2n) is 4.90. The molecule has 22 heavy (non-hydrogen) atoms. The number of aryl methyl sites for hydroxylation is 3. The Labute approximate surface area is 133 Å². The van der Waals surface area contributed by atoms with Crippen LogP contribution in [0.2, 0.25) is 5.02 Å². The molecule has 116 valence electrons. The van der Waals surface area contributed by atoms with Crippen LogP contribution in [-0.4, -0.2) is 18.7 Å². The Morgan fingerprint density at radius 3 is 2.59 bits per heavy atom. The van der Waals surface area contributed by atoms with Crippen LogP contribution in [0.1, 0.15) is 22.6 Å². The van der Waals surface area contributed by atoms with E-state index in [1.54, 1.807) is 18.2 Å². The summed E-state index contributed by atoms with van der Waals surface area (Å²) in [6.45, 7) is 5.48. The van der Waals surface area contributed by atoms with E-state index in [1.807, 2.05) is 26.8 Å². The van der Waals surface area contributed by atoms with E-state index in [0.717, 1.165) is 16.9 Å². The van der Waals surface area contributed by atoms with Gasteiger partial charge in [-0.1, -0.05) is 11.6 Å². The Morgan fingerprint density at radius 2 is 2.00 bits per heavy atom. The van der Waals surface area contributed by atoms with E-state index in [-0.39, 0.29) is 12.5 Å². The van der Waals surface area contributed by atoms with E-state index in [0.29, 0.717) is 16.5 Å². The fourth-order valence-corrected chi connectivity index (χ4v) is 1.97. The van der Waals surface area contributed by atoms with Crippen LogP contribution in [-0.2, 0) is 4.79 Å². The van der Waals surface area contributed by atoms with Gasteiger partial charge in [-0.2, -0.15) is 5.10 Å². The lowest BCUT2D eigenvalue weighted by molar-refractivity contribution is -0.123. The summed E-state index contributed by atoms with van der Waals surface area (Å²) in [4.78, 5) is 11.6. The summed E-state index contributed by atoms with van der Waals surface area (Å²) < 4.78 is 10.7. The van der Waals surface area contributed by atoms with Crippen molar-refractivity contribution < 1.29 is 13.9 Å². The standard InChI is InChI=1S/C16H17ClN2O3/c1-10-6-14(7-11(2)16(10)17)21-9-15(20)19-18-8-13-5-4-12(3)22-13/h4-8H,9H2,1-3H3,(H,19,20). The molecule has 0 fully saturated rings. The third-order valence-corrected chi connectivity index (χ3v) is 3.52. The van der Waals surface area contributed by atoms with Gasteiger partial charge in [0.2, 0.25) is 0 Å². The Kier molecular flexibility index (Phi) is 5.22. The average molecular weight is 321 g/mol. The molecule has 0 atom stereocenters. The molecule has 0 radical (unpaired) electrons. The second-order valence-corrected chi connectivity index (χ2v) is 5.28. The zero-order valence-electron chi connectivity index (χ0n) is 12.6. The van der Waals surface area contributed by atoms with Crippen molar-refractivity contribution in [2.45, 2.75) is 20.8 Å². The van der Waals surface area contributed by atoms with Crippen LogP contribution in [0, 0.1) is 20.8 Å². The SMILES string of the molecule is Cc1ccc(C=NNC(=O)COc2cc(C)c(Cl)c(C)c2)o1. The molecule has 1 aromatic heterocycles. The second kappa shape index (κ2) is 7.13. The van der Waals surface area contributed by atoms with Crippen LogP contribution in [0.3, 0.4) is 0 Å². The molecule has 0 spiro atoms. The van der Waals surface area contributed by atoms with Crippen LogP contribution in [0.4, 0.5) is 0 Å². The van der Waals surface area contributed by atoms with E-state index in [4.69, 9.17) is 20.8 Å². The molecule has 5 nitrogen and oxygen atoms in total. The van der Waals surface area contributed by atoms with E-state index < -0.39 is 0 Å². The predicted octanol–water partition coefficient (Wildman–Crippen LogP) is 3.39. The number of hydrogen-bond acceptors (Lipinski definition) is 4. The highest BCUT2D eigenvalue weighted by molar-refractivity contribution is 6.32. The number of ether oxygens (including phenoxy) is 1. The predicted molar refractivity (Wildman–Crippen MR) is 85.6 cm³/mol. The lowest BCUT2D eigenvalue weighted by Gasteiger charge is -2.09. The molecule has 6 heteroatoms. The molecule has 0 aliphatic rings. The zero-order valence-corrected chi connectivity index (χ0v) is 13.4. The number of rotatable bonds is 5. The van der Waals surface area contributed by atoms with E-state index >= 15 is 0 Å². The highest BCUT2D eigenvalue weighted by Crippen LogP contribution is 2.25. The van der Waals surface area contributed by atoms with Gasteiger partial charge in [0.05, 0.1) is 6.21 Å². The largest absolute Gasteiger partial charge is 0.484 e. The topological polar surface area (TPSA) is 63.8 Å². The molecule has 2 rings (SSSR count). The number of furan rings is 1. The van der Waals surface area contributed by atoms with Gasteiger partial charge in [-0.05, 0) is 56.2 Å². The van der Waals surface area contributed by atoms with Gasteiger partial charge in [0, 0.05) is 5.02 Å². The number of hydrazone groups is 1. The molecule has 0 saturated carbocycles. The lowest BCUT2D eigenvalue weighted by Crippen LogP contribution is -2.24. The minimum atomic E-state index is -0.357. The third kappa shape index (κ3) is 4.36. The summed E-state index contributed by atoms with van der Waals surface area (Å²) >= 11 is 6.08. The van der Waals surface area contributed by atoms with Gasteiger partial charge in [-0.25, -0.2) is 5.43 Å². The van der Waals surface area contributed by atoms with Gasteiger partial charge < -0.3 is 9.15 Å². The zero-order chi connectivity index (χ0) is 16.1. The minimum Gasteiger partial charge on any atom is -0.484 e. The highest BCUT2D eigenvalue weighted by atomic mass is 35.5. The number of carbonyl (C=O) groups excluding carboxylic acids is 1. The average Bonchev–Trinajstić information content (AvgIpc) is 2.88. The molecular weight excluding hydrogens is 304 g/mol. The molecule has 1 aromatic carbocycles. The minimum absolute atomic E-state index is 0.130. The number of nitrogens with one attached hydrogen (secondary N) is 1. The molecule has 1 N–H and O–H groups in total. The fourth-order valence-electron chi connectivity index (χ4n) is 1.86. The van der Waals surface area contributed by atoms with E-state index in [9.17, 15) is 4.79 Å². The maximum absolute atomic E-state index is 11.6. The van der Waals surface area contributed by atoms with E-state index in [1.165, 1.54) is 6.21 Å². The smallest absolute Gasteiger partial charge is 0.277 e. The van der Waals surface area contributed by atoms with Crippen molar-refractivity contribution in [3.63, 3.8) is 0 Å². The quantitative estimate of drug-likeness (QED) is 0.678. The van der Waals surface area contributed by atoms with Gasteiger partial charge in [-0.3, -0.25) is 4.79 Å². The van der Waals surface area contributed by atoms with Gasteiger partial charge >= 0.3 is 0 Å². The molecular formula is C16H17ClN2O3. The number of nitrogens with zero attached hydrogens (tertiary/aromatic N) is 1. The molecule has 0 aliphatic carbocycles. The van der Waals surface area contributed by atoms with Crippen molar-refractivity contribution in [2.75, 3.05) is 6.61 Å². The van der Waals surface area contributed by atoms with Crippen molar-refractivity contribution >= 4 is 23.7 Å². The first kappa shape index (κ1) is 16.1. The third-order valence-electron chi connectivity index (χ3n) is 2.92. The Morgan fingerprint density at radius 1 is 1.32 bits per heavy atom. The summed E-state index contributed by atoms with van der Waals surface area (Å²) in [7, 11) is 0. The lowest BCUT2D eigenvalue weighted by atomic mass is 10.1. The number of carbonyl (C=O) groups is 1. The molecule has 0 unspecified atom stereocenters. The van der Waals surface area contributed by atoms with Crippen LogP contribution in [0.5, 0.6) is 5.75 Å². The summed E-state index contributed by atoms with van der Waals surface area (Å²) in [6, 6.07) is 7.16. The first-order valence-corrected chi connectivity index (χ1v) is 7.11. The van der Waals surface area contributed by atoms with Gasteiger partial charge in [0.1, 0.15) is 17.3 Å². The van der Waals surface area contributed by atoms with E-state index in [2.05, 4.69) is 10.5 Å². The van der Waals surface area contributed by atoms with Crippen molar-refractivity contribution in [1.29, 1.82) is 0 Å². The first-order valence-electron chi connectivity index (χ1n) is 6.73. The van der Waals surface area contributed by atoms with Crippen LogP contribution < -0.4 is 10.2 Å². The number of amides is 1. The van der Waals surface area contributed by atoms with Crippen molar-refractivity contribution in [3.8, 4) is 5.75 Å². The highest BCUT2D eigenvalue weighted by Gasteiger charge is 2.06. The maximum atomic E-state index is 11.6. The van der Waals surface area contributed by atoms with Gasteiger partial charge in [0.15, 0.2) is 6.61 Å². The van der Waals surface area contributed by atoms with Crippen LogP contribution in [0.15, 0.2) is 33.8 Å². The van der Waals surface area contributed by atoms with Crippen molar-refractivity contribution in [2.24, 2.45) is 5.10 Å². The molecule has 1 amide bonds. The van der Waals surface area contributed by atoms with Gasteiger partial charge in [-0.15, -0.1) is 0 Å². The first-order chi connectivity index (χ1) is 10.5. The Hall–Kier alpha value is -2.27. The Balaban J connectivity index is 1.84. The summed E-state index contributed by atoms with van der Waals surface area (Å²) in [6.07, 6.45) is 1.43. The molecule has 0 aliphatic heterocycles. The summed E-state index contributed by atoms with van der Waals surface area (Å²) in [5.74, 6) is 1.59. The Bertz CT molecular complexity index is 684. The summed E-state index contributed by atoms with van der Waals surface area (Å²) in [5.41, 5.74) is 4.18. The molecule has 0 bridgehead atoms. The van der Waals surface area contributed by atoms with Gasteiger partial charge in [0.25, 0.3) is 5.91 Å². The molecule has 2 aromatic rings. The monoisotopic (exact) mass is 320 g/mol. The van der Waals surface area contributed by atoms with Crippen LogP contribution >= 0.6 is 11.6 Å². The normalized spacial score (nSPS) is 10.9. The number of benzene rings is 1. The van der Waals surface area contributed by atoms with Crippen LogP contribution in [0.25, 0.3) is 0 Å². The number of halogens is 1. The maximum Gasteiger partial charge on any atom is 0.277 e. The van der Waals surface area contributed by atoms with Crippen molar-refractivity contribution in [3.05, 3.63) is 51.9 Å². The molecule has 0 saturated heterocycles. The van der Waals surface area contributed by atoms with Crippen molar-refractivity contribution in [1.82, 2.24) is 5.43 Å². The molecule has 1 heterocycles. The fraction of sp³-hybridized carbons (Fsp3) is 0.250. The number of hydrogen-bond donors (Lipinski definition) is 1. The summed E-state index contributed by atoms with van der Waals surface area (Å²) in [5, 5.41) is 4.50.